The lowest BCUT2D eigenvalue weighted by Crippen LogP contribution is -2.44. The van der Waals surface area contributed by atoms with Crippen LogP contribution in [0.4, 0.5) is 0 Å². The van der Waals surface area contributed by atoms with Gasteiger partial charge in [0.15, 0.2) is 9.84 Å². The first-order valence-corrected chi connectivity index (χ1v) is 11.5. The molecule has 0 spiro atoms. The number of carbonyl (C=O) groups excluding carboxylic acids is 1. The van der Waals surface area contributed by atoms with Gasteiger partial charge in [0.05, 0.1) is 16.6 Å². The normalized spacial score (nSPS) is 13.8. The van der Waals surface area contributed by atoms with Crippen LogP contribution in [0.2, 0.25) is 0 Å². The van der Waals surface area contributed by atoms with Gasteiger partial charge < -0.3 is 10.4 Å². The van der Waals surface area contributed by atoms with Crippen LogP contribution in [0.25, 0.3) is 11.1 Å². The molecule has 1 aliphatic rings. The zero-order chi connectivity index (χ0) is 22.0. The number of amides is 1. The molecule has 0 unspecified atom stereocenters. The average molecular weight is 436 g/mol. The van der Waals surface area contributed by atoms with Crippen molar-refractivity contribution in [1.82, 2.24) is 5.32 Å². The molecule has 1 aliphatic carbocycles. The maximum atomic E-state index is 13.2. The quantitative estimate of drug-likeness (QED) is 0.593. The molecule has 158 valence electrons. The lowest BCUT2D eigenvalue weighted by atomic mass is 9.95. The number of carboxylic acid groups (broad SMARTS) is 1. The van der Waals surface area contributed by atoms with Gasteiger partial charge in [-0.3, -0.25) is 4.79 Å². The number of hydrogen-bond acceptors (Lipinski definition) is 4. The second-order valence-electron chi connectivity index (χ2n) is 7.43. The Kier molecular flexibility index (Phi) is 5.61. The Bertz CT molecular complexity index is 1190. The maximum Gasteiger partial charge on any atom is 0.326 e. The zero-order valence-electron chi connectivity index (χ0n) is 16.6. The van der Waals surface area contributed by atoms with E-state index in [0.29, 0.717) is 0 Å². The predicted octanol–water partition coefficient (Wildman–Crippen LogP) is 3.23. The van der Waals surface area contributed by atoms with Crippen LogP contribution in [-0.4, -0.2) is 37.2 Å². The highest BCUT2D eigenvalue weighted by molar-refractivity contribution is 7.91. The Morgan fingerprint density at radius 1 is 0.839 bits per heavy atom. The molecular formula is C24H21NO5S. The number of benzene rings is 3. The highest BCUT2D eigenvalue weighted by Gasteiger charge is 2.35. The van der Waals surface area contributed by atoms with Crippen molar-refractivity contribution in [3.63, 3.8) is 0 Å². The Labute approximate surface area is 180 Å². The van der Waals surface area contributed by atoms with E-state index in [1.165, 1.54) is 12.1 Å². The Morgan fingerprint density at radius 2 is 1.35 bits per heavy atom. The van der Waals surface area contributed by atoms with Gasteiger partial charge in [-0.2, -0.15) is 0 Å². The second kappa shape index (κ2) is 8.35. The van der Waals surface area contributed by atoms with E-state index in [-0.39, 0.29) is 17.1 Å². The van der Waals surface area contributed by atoms with Gasteiger partial charge in [0.2, 0.25) is 5.91 Å². The molecular weight excluding hydrogens is 414 g/mol. The van der Waals surface area contributed by atoms with Crippen LogP contribution in [0.15, 0.2) is 83.8 Å². The lowest BCUT2D eigenvalue weighted by Gasteiger charge is -2.19. The van der Waals surface area contributed by atoms with Crippen molar-refractivity contribution in [2.75, 3.05) is 5.75 Å². The minimum absolute atomic E-state index is 0.129. The second-order valence-corrected chi connectivity index (χ2v) is 9.54. The van der Waals surface area contributed by atoms with Gasteiger partial charge in [0, 0.05) is 0 Å². The molecule has 0 bridgehead atoms. The number of nitrogens with one attached hydrogen (secondary N) is 1. The summed E-state index contributed by atoms with van der Waals surface area (Å²) < 4.78 is 25.0. The van der Waals surface area contributed by atoms with Crippen molar-refractivity contribution in [1.29, 1.82) is 0 Å². The third-order valence-electron chi connectivity index (χ3n) is 5.49. The summed E-state index contributed by atoms with van der Waals surface area (Å²) in [5.41, 5.74) is 3.50. The summed E-state index contributed by atoms with van der Waals surface area (Å²) >= 11 is 0. The molecule has 1 amide bonds. The van der Waals surface area contributed by atoms with Crippen molar-refractivity contribution in [2.24, 2.45) is 0 Å². The minimum atomic E-state index is -3.66. The number of rotatable bonds is 7. The average Bonchev–Trinajstić information content (AvgIpc) is 3.11. The molecule has 1 atom stereocenters. The van der Waals surface area contributed by atoms with Gasteiger partial charge >= 0.3 is 5.97 Å². The van der Waals surface area contributed by atoms with E-state index in [4.69, 9.17) is 0 Å². The molecule has 0 aliphatic heterocycles. The van der Waals surface area contributed by atoms with E-state index in [9.17, 15) is 23.1 Å². The number of carboxylic acids is 1. The minimum Gasteiger partial charge on any atom is -0.480 e. The molecule has 7 heteroatoms. The predicted molar refractivity (Wildman–Crippen MR) is 116 cm³/mol. The van der Waals surface area contributed by atoms with Crippen molar-refractivity contribution < 1.29 is 23.1 Å². The van der Waals surface area contributed by atoms with Crippen LogP contribution >= 0.6 is 0 Å². The van der Waals surface area contributed by atoms with Gasteiger partial charge in [0.1, 0.15) is 6.04 Å². The first-order valence-electron chi connectivity index (χ1n) is 9.87. The number of hydrogen-bond donors (Lipinski definition) is 2. The summed E-state index contributed by atoms with van der Waals surface area (Å²) in [6.07, 6.45) is -0.228. The molecule has 2 N–H and O–H groups in total. The van der Waals surface area contributed by atoms with Gasteiger partial charge in [-0.05, 0) is 40.8 Å². The smallest absolute Gasteiger partial charge is 0.326 e. The lowest BCUT2D eigenvalue weighted by molar-refractivity contribution is -0.141. The molecule has 0 saturated heterocycles. The van der Waals surface area contributed by atoms with E-state index < -0.39 is 33.7 Å². The van der Waals surface area contributed by atoms with E-state index in [1.807, 2.05) is 48.5 Å². The third-order valence-corrected chi connectivity index (χ3v) is 7.25. The highest BCUT2D eigenvalue weighted by Crippen LogP contribution is 2.44. The van der Waals surface area contributed by atoms with E-state index in [1.54, 1.807) is 18.2 Å². The van der Waals surface area contributed by atoms with Crippen molar-refractivity contribution in [3.8, 4) is 11.1 Å². The summed E-state index contributed by atoms with van der Waals surface area (Å²) in [7, 11) is -3.66. The molecule has 3 aromatic rings. The number of aliphatic carboxylic acids is 1. The third kappa shape index (κ3) is 4.09. The molecule has 0 radical (unpaired) electrons. The van der Waals surface area contributed by atoms with E-state index in [2.05, 4.69) is 5.32 Å². The Morgan fingerprint density at radius 3 is 1.90 bits per heavy atom. The summed E-state index contributed by atoms with van der Waals surface area (Å²) in [5.74, 6) is -2.75. The molecule has 0 fully saturated rings. The molecule has 31 heavy (non-hydrogen) atoms. The Hall–Kier alpha value is -3.45. The summed E-state index contributed by atoms with van der Waals surface area (Å²) in [6.45, 7) is 0. The van der Waals surface area contributed by atoms with Crippen LogP contribution in [0.5, 0.6) is 0 Å². The monoisotopic (exact) mass is 435 g/mol. The van der Waals surface area contributed by atoms with Crippen molar-refractivity contribution >= 4 is 21.7 Å². The molecule has 3 aromatic carbocycles. The fourth-order valence-corrected chi connectivity index (χ4v) is 5.32. The first-order chi connectivity index (χ1) is 14.9. The fourth-order valence-electron chi connectivity index (χ4n) is 3.97. The van der Waals surface area contributed by atoms with Gasteiger partial charge in [-0.1, -0.05) is 66.7 Å². The van der Waals surface area contributed by atoms with Crippen LogP contribution in [0.3, 0.4) is 0 Å². The van der Waals surface area contributed by atoms with E-state index in [0.717, 1.165) is 22.3 Å². The number of carbonyl (C=O) groups is 2. The van der Waals surface area contributed by atoms with E-state index >= 15 is 0 Å². The summed E-state index contributed by atoms with van der Waals surface area (Å²) in [5, 5.41) is 12.2. The summed E-state index contributed by atoms with van der Waals surface area (Å²) in [6, 6.07) is 21.6. The maximum absolute atomic E-state index is 13.2. The van der Waals surface area contributed by atoms with Crippen LogP contribution in [0.1, 0.15) is 23.5 Å². The molecule has 0 saturated carbocycles. The topological polar surface area (TPSA) is 101 Å². The Balaban J connectivity index is 1.54. The standard InChI is InChI=1S/C24H21NO5S/c26-23(22-19-12-6-4-10-17(19)18-11-5-7-13-20(18)22)25-21(24(27)28)14-15-31(29,30)16-8-2-1-3-9-16/h1-13,21-22H,14-15H2,(H,25,26)(H,27,28)/t21-/m1/s1. The van der Waals surface area contributed by atoms with Gasteiger partial charge in [-0.15, -0.1) is 0 Å². The SMILES string of the molecule is O=C(N[C@H](CCS(=O)(=O)c1ccccc1)C(=O)O)C1c2ccccc2-c2ccccc21. The van der Waals surface area contributed by atoms with Crippen molar-refractivity contribution in [2.45, 2.75) is 23.3 Å². The molecule has 0 heterocycles. The number of sulfone groups is 1. The molecule has 0 aromatic heterocycles. The molecule has 6 nitrogen and oxygen atoms in total. The van der Waals surface area contributed by atoms with Crippen LogP contribution in [0, 0.1) is 0 Å². The van der Waals surface area contributed by atoms with Crippen molar-refractivity contribution in [3.05, 3.63) is 90.0 Å². The van der Waals surface area contributed by atoms with Gasteiger partial charge in [-0.25, -0.2) is 13.2 Å². The highest BCUT2D eigenvalue weighted by atomic mass is 32.2. The van der Waals surface area contributed by atoms with Crippen LogP contribution < -0.4 is 5.32 Å². The first kappa shape index (κ1) is 20.8. The zero-order valence-corrected chi connectivity index (χ0v) is 17.4. The summed E-state index contributed by atoms with van der Waals surface area (Å²) in [4.78, 5) is 25.1. The fraction of sp³-hybridized carbons (Fsp3) is 0.167. The van der Waals surface area contributed by atoms with Gasteiger partial charge in [0.25, 0.3) is 0 Å². The molecule has 4 rings (SSSR count). The largest absolute Gasteiger partial charge is 0.480 e. The number of fused-ring (bicyclic) bond motifs is 3. The van der Waals surface area contributed by atoms with Crippen LogP contribution in [-0.2, 0) is 19.4 Å².